The lowest BCUT2D eigenvalue weighted by Crippen LogP contribution is -2.24. The van der Waals surface area contributed by atoms with E-state index in [9.17, 15) is 14.4 Å². The maximum Gasteiger partial charge on any atom is 0.341 e. The number of benzene rings is 1. The SMILES string of the molecule is CCOC(=O)c1c(NC(=O)CSc2nnc(CNC(=O)c3ccco3)n2-c2cccc(C)c2C)sc2c1CCCCC2. The van der Waals surface area contributed by atoms with Crippen molar-refractivity contribution in [3.63, 3.8) is 0 Å². The molecule has 0 aliphatic heterocycles. The van der Waals surface area contributed by atoms with Crippen molar-refractivity contribution >= 4 is 45.9 Å². The predicted octanol–water partition coefficient (Wildman–Crippen LogP) is 5.65. The normalized spacial score (nSPS) is 12.8. The number of fused-ring (bicyclic) bond motifs is 1. The van der Waals surface area contributed by atoms with Gasteiger partial charge in [-0.25, -0.2) is 4.79 Å². The van der Waals surface area contributed by atoms with Gasteiger partial charge >= 0.3 is 5.97 Å². The third-order valence-electron chi connectivity index (χ3n) is 7.16. The largest absolute Gasteiger partial charge is 0.462 e. The second-order valence-electron chi connectivity index (χ2n) is 9.94. The number of thioether (sulfide) groups is 1. The summed E-state index contributed by atoms with van der Waals surface area (Å²) in [5, 5.41) is 15.6. The van der Waals surface area contributed by atoms with Crippen LogP contribution in [0.25, 0.3) is 5.69 Å². The molecule has 3 heterocycles. The van der Waals surface area contributed by atoms with E-state index >= 15 is 0 Å². The summed E-state index contributed by atoms with van der Waals surface area (Å²) in [4.78, 5) is 39.8. The average Bonchev–Trinajstić information content (AvgIpc) is 3.69. The predicted molar refractivity (Wildman–Crippen MR) is 162 cm³/mol. The molecule has 10 nitrogen and oxygen atoms in total. The molecule has 2 N–H and O–H groups in total. The van der Waals surface area contributed by atoms with Gasteiger partial charge in [0.15, 0.2) is 16.7 Å². The molecule has 0 radical (unpaired) electrons. The number of anilines is 1. The molecule has 220 valence electrons. The topological polar surface area (TPSA) is 128 Å². The van der Waals surface area contributed by atoms with Crippen LogP contribution in [-0.2, 0) is 28.9 Å². The van der Waals surface area contributed by atoms with Gasteiger partial charge in [0.1, 0.15) is 5.00 Å². The number of ether oxygens (including phenoxy) is 1. The molecule has 0 spiro atoms. The molecular formula is C30H33N5O5S2. The van der Waals surface area contributed by atoms with Crippen molar-refractivity contribution < 1.29 is 23.5 Å². The van der Waals surface area contributed by atoms with E-state index in [2.05, 4.69) is 20.8 Å². The van der Waals surface area contributed by atoms with Crippen molar-refractivity contribution in [1.82, 2.24) is 20.1 Å². The van der Waals surface area contributed by atoms with Crippen LogP contribution in [0.4, 0.5) is 5.00 Å². The molecule has 4 aromatic rings. The number of aromatic nitrogens is 3. The third kappa shape index (κ3) is 6.44. The molecule has 0 saturated carbocycles. The monoisotopic (exact) mass is 607 g/mol. The van der Waals surface area contributed by atoms with Crippen LogP contribution < -0.4 is 10.6 Å². The highest BCUT2D eigenvalue weighted by atomic mass is 32.2. The quantitative estimate of drug-likeness (QED) is 0.135. The van der Waals surface area contributed by atoms with Crippen LogP contribution in [0.1, 0.15) is 74.5 Å². The summed E-state index contributed by atoms with van der Waals surface area (Å²) in [6.07, 6.45) is 6.35. The molecule has 0 saturated heterocycles. The zero-order valence-corrected chi connectivity index (χ0v) is 25.5. The first kappa shape index (κ1) is 29.6. The zero-order chi connectivity index (χ0) is 29.6. The van der Waals surface area contributed by atoms with Gasteiger partial charge in [0.2, 0.25) is 5.91 Å². The minimum Gasteiger partial charge on any atom is -0.462 e. The smallest absolute Gasteiger partial charge is 0.341 e. The highest BCUT2D eigenvalue weighted by molar-refractivity contribution is 7.99. The molecule has 0 atom stereocenters. The van der Waals surface area contributed by atoms with Crippen LogP contribution in [0.3, 0.4) is 0 Å². The number of nitrogens with zero attached hydrogens (tertiary/aromatic N) is 3. The molecule has 3 aromatic heterocycles. The fourth-order valence-electron chi connectivity index (χ4n) is 4.93. The van der Waals surface area contributed by atoms with Gasteiger partial charge in [0.05, 0.1) is 36.4 Å². The molecular weight excluding hydrogens is 574 g/mol. The number of rotatable bonds is 10. The Morgan fingerprint density at radius 1 is 1.10 bits per heavy atom. The average molecular weight is 608 g/mol. The van der Waals surface area contributed by atoms with Gasteiger partial charge in [-0.15, -0.1) is 21.5 Å². The Morgan fingerprint density at radius 3 is 2.71 bits per heavy atom. The number of amides is 2. The van der Waals surface area contributed by atoms with Crippen molar-refractivity contribution in [3.8, 4) is 5.69 Å². The van der Waals surface area contributed by atoms with Crippen molar-refractivity contribution in [1.29, 1.82) is 0 Å². The highest BCUT2D eigenvalue weighted by Crippen LogP contribution is 2.38. The second kappa shape index (κ2) is 13.4. The Hall–Kier alpha value is -3.90. The van der Waals surface area contributed by atoms with E-state index in [4.69, 9.17) is 9.15 Å². The van der Waals surface area contributed by atoms with Crippen LogP contribution >= 0.6 is 23.1 Å². The number of nitrogens with one attached hydrogen (secondary N) is 2. The van der Waals surface area contributed by atoms with Crippen LogP contribution in [0.2, 0.25) is 0 Å². The summed E-state index contributed by atoms with van der Waals surface area (Å²) >= 11 is 2.71. The molecule has 0 unspecified atom stereocenters. The van der Waals surface area contributed by atoms with Gasteiger partial charge in [-0.05, 0) is 81.3 Å². The number of furan rings is 1. The summed E-state index contributed by atoms with van der Waals surface area (Å²) in [6, 6.07) is 9.16. The van der Waals surface area contributed by atoms with Gasteiger partial charge in [0.25, 0.3) is 5.91 Å². The molecule has 1 aromatic carbocycles. The molecule has 12 heteroatoms. The Bertz CT molecular complexity index is 1590. The summed E-state index contributed by atoms with van der Waals surface area (Å²) < 4.78 is 12.4. The summed E-state index contributed by atoms with van der Waals surface area (Å²) in [6.45, 7) is 6.18. The maximum atomic E-state index is 13.2. The first-order valence-electron chi connectivity index (χ1n) is 13.9. The Kier molecular flexibility index (Phi) is 9.43. The van der Waals surface area contributed by atoms with Crippen molar-refractivity contribution in [3.05, 3.63) is 75.3 Å². The van der Waals surface area contributed by atoms with E-state index in [1.807, 2.05) is 36.6 Å². The molecule has 2 amide bonds. The summed E-state index contributed by atoms with van der Waals surface area (Å²) in [7, 11) is 0. The van der Waals surface area contributed by atoms with Gasteiger partial charge < -0.3 is 19.8 Å². The standard InChI is InChI=1S/C30H33N5O5S2/c1-4-39-29(38)26-20-11-6-5-7-14-23(20)42-28(26)32-25(36)17-41-30-34-33-24(16-31-27(37)22-13-9-15-40-22)35(30)21-12-8-10-18(2)19(21)3/h8-10,12-13,15H,4-7,11,14,16-17H2,1-3H3,(H,31,37)(H,32,36). The molecule has 0 fully saturated rings. The Labute approximate surface area is 252 Å². The fourth-order valence-corrected chi connectivity index (χ4v) is 6.98. The van der Waals surface area contributed by atoms with Crippen LogP contribution in [0, 0.1) is 13.8 Å². The van der Waals surface area contributed by atoms with Crippen molar-refractivity contribution in [2.24, 2.45) is 0 Å². The first-order chi connectivity index (χ1) is 20.4. The van der Waals surface area contributed by atoms with E-state index in [0.29, 0.717) is 21.5 Å². The first-order valence-corrected chi connectivity index (χ1v) is 15.7. The lowest BCUT2D eigenvalue weighted by molar-refractivity contribution is -0.113. The van der Waals surface area contributed by atoms with Crippen LogP contribution in [-0.4, -0.2) is 44.9 Å². The number of esters is 1. The summed E-state index contributed by atoms with van der Waals surface area (Å²) in [5.74, 6) is -0.256. The summed E-state index contributed by atoms with van der Waals surface area (Å²) in [5.41, 5.74) is 4.47. The fraction of sp³-hybridized carbons (Fsp3) is 0.367. The molecule has 42 heavy (non-hydrogen) atoms. The molecule has 5 rings (SSSR count). The maximum absolute atomic E-state index is 13.2. The molecule has 0 bridgehead atoms. The van der Waals surface area contributed by atoms with Crippen LogP contribution in [0.15, 0.2) is 46.2 Å². The second-order valence-corrected chi connectivity index (χ2v) is 12.0. The molecule has 1 aliphatic carbocycles. The Morgan fingerprint density at radius 2 is 1.93 bits per heavy atom. The minimum absolute atomic E-state index is 0.0482. The lowest BCUT2D eigenvalue weighted by atomic mass is 10.1. The zero-order valence-electron chi connectivity index (χ0n) is 23.8. The van der Waals surface area contributed by atoms with E-state index in [0.717, 1.165) is 59.4 Å². The van der Waals surface area contributed by atoms with Crippen molar-refractivity contribution in [2.75, 3.05) is 17.7 Å². The van der Waals surface area contributed by atoms with E-state index in [-0.39, 0.29) is 36.5 Å². The van der Waals surface area contributed by atoms with Gasteiger partial charge in [0, 0.05) is 4.88 Å². The number of thiophene rings is 1. The molecule has 1 aliphatic rings. The Balaban J connectivity index is 1.36. The number of carbonyl (C=O) groups is 3. The number of carbonyl (C=O) groups excluding carboxylic acids is 3. The van der Waals surface area contributed by atoms with Crippen molar-refractivity contribution in [2.45, 2.75) is 64.6 Å². The van der Waals surface area contributed by atoms with E-state index in [1.165, 1.54) is 29.4 Å². The van der Waals surface area contributed by atoms with Crippen LogP contribution in [0.5, 0.6) is 0 Å². The number of hydrogen-bond acceptors (Lipinski definition) is 9. The number of aryl methyl sites for hydroxylation is 2. The van der Waals surface area contributed by atoms with Gasteiger partial charge in [-0.3, -0.25) is 14.2 Å². The third-order valence-corrected chi connectivity index (χ3v) is 9.29. The number of hydrogen-bond donors (Lipinski definition) is 2. The van der Waals surface area contributed by atoms with E-state index < -0.39 is 5.97 Å². The van der Waals surface area contributed by atoms with Gasteiger partial charge in [-0.1, -0.05) is 30.3 Å². The minimum atomic E-state index is -0.393. The van der Waals surface area contributed by atoms with E-state index in [1.54, 1.807) is 19.1 Å². The lowest BCUT2D eigenvalue weighted by Gasteiger charge is -2.14. The van der Waals surface area contributed by atoms with Gasteiger partial charge in [-0.2, -0.15) is 0 Å². The highest BCUT2D eigenvalue weighted by Gasteiger charge is 2.27.